The van der Waals surface area contributed by atoms with Crippen molar-refractivity contribution in [3.63, 3.8) is 0 Å². The molecule has 4 rings (SSSR count). The minimum atomic E-state index is -4.60. The quantitative estimate of drug-likeness (QED) is 0.526. The Kier molecular flexibility index (Phi) is 5.21. The highest BCUT2D eigenvalue weighted by molar-refractivity contribution is 6.30. The van der Waals surface area contributed by atoms with Crippen LogP contribution in [0.5, 0.6) is 0 Å². The lowest BCUT2D eigenvalue weighted by Gasteiger charge is -2.12. The van der Waals surface area contributed by atoms with Gasteiger partial charge in [0.2, 0.25) is 0 Å². The van der Waals surface area contributed by atoms with Gasteiger partial charge in [-0.05, 0) is 33.6 Å². The SMILES string of the molecule is CC1(C)C(/C=C(/Cl)C(F)(F)F)C1C(=O)OC1Cc2cccc(-c3ccccc3)c2C1. The van der Waals surface area contributed by atoms with Gasteiger partial charge in [0, 0.05) is 12.8 Å². The van der Waals surface area contributed by atoms with Gasteiger partial charge in [0.1, 0.15) is 11.1 Å². The molecule has 0 aliphatic heterocycles. The van der Waals surface area contributed by atoms with E-state index in [4.69, 9.17) is 16.3 Å². The number of alkyl halides is 3. The van der Waals surface area contributed by atoms with Crippen molar-refractivity contribution in [1.29, 1.82) is 0 Å². The number of rotatable bonds is 4. The summed E-state index contributed by atoms with van der Waals surface area (Å²) in [6.07, 6.45) is -2.75. The number of hydrogen-bond donors (Lipinski definition) is 0. The fraction of sp³-hybridized carbons (Fsp3) is 0.375. The predicted octanol–water partition coefficient (Wildman–Crippen LogP) is 6.32. The first-order chi connectivity index (χ1) is 14.1. The molecule has 0 heterocycles. The lowest BCUT2D eigenvalue weighted by atomic mass is 9.97. The van der Waals surface area contributed by atoms with Crippen molar-refractivity contribution < 1.29 is 22.7 Å². The van der Waals surface area contributed by atoms with E-state index in [1.54, 1.807) is 13.8 Å². The molecule has 2 nitrogen and oxygen atoms in total. The molecule has 30 heavy (non-hydrogen) atoms. The number of allylic oxidation sites excluding steroid dienone is 2. The Labute approximate surface area is 178 Å². The van der Waals surface area contributed by atoms with Gasteiger partial charge in [0.15, 0.2) is 0 Å². The maximum Gasteiger partial charge on any atom is 0.426 e. The normalized spacial score (nSPS) is 25.0. The van der Waals surface area contributed by atoms with Crippen LogP contribution in [-0.4, -0.2) is 18.2 Å². The smallest absolute Gasteiger partial charge is 0.426 e. The molecule has 6 heteroatoms. The number of halogens is 4. The number of benzene rings is 2. The molecule has 3 atom stereocenters. The molecule has 0 radical (unpaired) electrons. The molecular formula is C24H22ClF3O2. The number of hydrogen-bond acceptors (Lipinski definition) is 2. The van der Waals surface area contributed by atoms with Crippen molar-refractivity contribution in [3.05, 3.63) is 70.8 Å². The van der Waals surface area contributed by atoms with E-state index in [1.807, 2.05) is 42.5 Å². The maximum atomic E-state index is 12.8. The van der Waals surface area contributed by atoms with Crippen molar-refractivity contribution >= 4 is 17.6 Å². The Balaban J connectivity index is 1.47. The van der Waals surface area contributed by atoms with Gasteiger partial charge in [-0.15, -0.1) is 0 Å². The van der Waals surface area contributed by atoms with Crippen LogP contribution < -0.4 is 0 Å². The summed E-state index contributed by atoms with van der Waals surface area (Å²) >= 11 is 5.38. The summed E-state index contributed by atoms with van der Waals surface area (Å²) in [5.74, 6) is -1.65. The third-order valence-corrected chi connectivity index (χ3v) is 6.62. The highest BCUT2D eigenvalue weighted by Gasteiger charge is 2.62. The summed E-state index contributed by atoms with van der Waals surface area (Å²) < 4.78 is 44.0. The Morgan fingerprint density at radius 1 is 1.10 bits per heavy atom. The number of carbonyl (C=O) groups is 1. The highest BCUT2D eigenvalue weighted by Crippen LogP contribution is 2.60. The Morgan fingerprint density at radius 3 is 2.47 bits per heavy atom. The third kappa shape index (κ3) is 3.87. The fourth-order valence-corrected chi connectivity index (χ4v) is 4.65. The first-order valence-electron chi connectivity index (χ1n) is 9.90. The van der Waals surface area contributed by atoms with Gasteiger partial charge in [-0.25, -0.2) is 0 Å². The molecule has 0 amide bonds. The molecule has 2 aliphatic rings. The molecular weight excluding hydrogens is 413 g/mol. The minimum Gasteiger partial charge on any atom is -0.461 e. The molecule has 0 N–H and O–H groups in total. The van der Waals surface area contributed by atoms with Crippen molar-refractivity contribution in [2.75, 3.05) is 0 Å². The first-order valence-corrected chi connectivity index (χ1v) is 10.3. The zero-order valence-corrected chi connectivity index (χ0v) is 17.4. The fourth-order valence-electron chi connectivity index (χ4n) is 4.51. The summed E-state index contributed by atoms with van der Waals surface area (Å²) in [6.45, 7) is 3.52. The van der Waals surface area contributed by atoms with E-state index in [9.17, 15) is 18.0 Å². The van der Waals surface area contributed by atoms with Crippen molar-refractivity contribution in [2.24, 2.45) is 17.3 Å². The van der Waals surface area contributed by atoms with Crippen LogP contribution in [0.4, 0.5) is 13.2 Å². The van der Waals surface area contributed by atoms with Crippen LogP contribution in [0.2, 0.25) is 0 Å². The molecule has 1 fully saturated rings. The van der Waals surface area contributed by atoms with Crippen molar-refractivity contribution in [2.45, 2.75) is 39.0 Å². The zero-order chi connectivity index (χ0) is 21.7. The van der Waals surface area contributed by atoms with E-state index < -0.39 is 34.4 Å². The van der Waals surface area contributed by atoms with E-state index in [-0.39, 0.29) is 6.10 Å². The third-order valence-electron chi connectivity index (χ3n) is 6.28. The van der Waals surface area contributed by atoms with Crippen LogP contribution in [0, 0.1) is 17.3 Å². The first kappa shape index (κ1) is 21.0. The van der Waals surface area contributed by atoms with Crippen LogP contribution in [0.25, 0.3) is 11.1 Å². The van der Waals surface area contributed by atoms with E-state index in [1.165, 1.54) is 0 Å². The molecule has 1 saturated carbocycles. The molecule has 2 aromatic carbocycles. The van der Waals surface area contributed by atoms with Gasteiger partial charge in [-0.1, -0.05) is 80.1 Å². The second kappa shape index (κ2) is 7.45. The molecule has 0 saturated heterocycles. The zero-order valence-electron chi connectivity index (χ0n) is 16.7. The van der Waals surface area contributed by atoms with Gasteiger partial charge in [-0.2, -0.15) is 13.2 Å². The molecule has 3 unspecified atom stereocenters. The van der Waals surface area contributed by atoms with E-state index >= 15 is 0 Å². The van der Waals surface area contributed by atoms with Crippen LogP contribution in [0.15, 0.2) is 59.6 Å². The average Bonchev–Trinajstić information content (AvgIpc) is 3.01. The maximum absolute atomic E-state index is 12.8. The standard InChI is InChI=1S/C24H22ClF3O2/c1-23(2)19(13-20(25)24(26,27)28)21(23)22(29)30-16-11-15-9-6-10-17(18(15)12-16)14-7-4-3-5-8-14/h3-10,13,16,19,21H,11-12H2,1-2H3/b20-13+. The van der Waals surface area contributed by atoms with Crippen LogP contribution in [-0.2, 0) is 22.4 Å². The van der Waals surface area contributed by atoms with E-state index in [2.05, 4.69) is 6.07 Å². The predicted molar refractivity (Wildman–Crippen MR) is 110 cm³/mol. The molecule has 158 valence electrons. The van der Waals surface area contributed by atoms with Gasteiger partial charge in [0.25, 0.3) is 0 Å². The molecule has 0 bridgehead atoms. The molecule has 0 spiro atoms. The number of fused-ring (bicyclic) bond motifs is 1. The molecule has 2 aliphatic carbocycles. The summed E-state index contributed by atoms with van der Waals surface area (Å²) in [5, 5.41) is -1.18. The van der Waals surface area contributed by atoms with Gasteiger partial charge in [-0.3, -0.25) is 4.79 Å². The topological polar surface area (TPSA) is 26.3 Å². The van der Waals surface area contributed by atoms with Crippen LogP contribution in [0.1, 0.15) is 25.0 Å². The van der Waals surface area contributed by atoms with Gasteiger partial charge >= 0.3 is 12.1 Å². The van der Waals surface area contributed by atoms with Crippen molar-refractivity contribution in [3.8, 4) is 11.1 Å². The average molecular weight is 435 g/mol. The monoisotopic (exact) mass is 434 g/mol. The summed E-state index contributed by atoms with van der Waals surface area (Å²) in [5.41, 5.74) is 3.92. The molecule has 2 aromatic rings. The number of ether oxygens (including phenoxy) is 1. The lowest BCUT2D eigenvalue weighted by molar-refractivity contribution is -0.151. The second-order valence-electron chi connectivity index (χ2n) is 8.61. The number of carbonyl (C=O) groups excluding carboxylic acids is 1. The van der Waals surface area contributed by atoms with Gasteiger partial charge < -0.3 is 4.74 Å². The summed E-state index contributed by atoms with van der Waals surface area (Å²) in [6, 6.07) is 16.1. The lowest BCUT2D eigenvalue weighted by Crippen LogP contribution is -2.21. The largest absolute Gasteiger partial charge is 0.461 e. The molecule has 0 aromatic heterocycles. The Morgan fingerprint density at radius 2 is 1.80 bits per heavy atom. The van der Waals surface area contributed by atoms with E-state index in [0.717, 1.165) is 28.3 Å². The second-order valence-corrected chi connectivity index (χ2v) is 9.02. The minimum absolute atomic E-state index is 0.309. The van der Waals surface area contributed by atoms with E-state index in [0.29, 0.717) is 12.8 Å². The Hall–Kier alpha value is -2.27. The van der Waals surface area contributed by atoms with Crippen LogP contribution >= 0.6 is 11.6 Å². The summed E-state index contributed by atoms with van der Waals surface area (Å²) in [7, 11) is 0. The van der Waals surface area contributed by atoms with Crippen molar-refractivity contribution in [1.82, 2.24) is 0 Å². The Bertz CT molecular complexity index is 995. The number of esters is 1. The summed E-state index contributed by atoms with van der Waals surface area (Å²) in [4.78, 5) is 12.7. The van der Waals surface area contributed by atoms with Crippen LogP contribution in [0.3, 0.4) is 0 Å². The highest BCUT2D eigenvalue weighted by atomic mass is 35.5. The van der Waals surface area contributed by atoms with Gasteiger partial charge in [0.05, 0.1) is 5.92 Å².